The molecular weight excluding hydrogens is 258 g/mol. The van der Waals surface area contributed by atoms with E-state index < -0.39 is 0 Å². The molecule has 2 aromatic carbocycles. The van der Waals surface area contributed by atoms with E-state index in [1.54, 1.807) is 0 Å². The molecule has 0 aliphatic heterocycles. The lowest BCUT2D eigenvalue weighted by Crippen LogP contribution is -2.24. The first-order valence-corrected chi connectivity index (χ1v) is 7.86. The van der Waals surface area contributed by atoms with Crippen molar-refractivity contribution in [3.63, 3.8) is 0 Å². The molecule has 0 saturated heterocycles. The van der Waals surface area contributed by atoms with Gasteiger partial charge in [-0.3, -0.25) is 0 Å². The highest BCUT2D eigenvalue weighted by molar-refractivity contribution is 5.41. The molecule has 0 heterocycles. The number of hydrogen-bond donors (Lipinski definition) is 1. The van der Waals surface area contributed by atoms with Crippen LogP contribution in [0, 0.1) is 0 Å². The van der Waals surface area contributed by atoms with Crippen LogP contribution in [0.5, 0.6) is 5.75 Å². The van der Waals surface area contributed by atoms with Gasteiger partial charge in [0.1, 0.15) is 5.75 Å². The van der Waals surface area contributed by atoms with Crippen molar-refractivity contribution in [3.8, 4) is 5.75 Å². The minimum Gasteiger partial charge on any atom is -0.494 e. The lowest BCUT2D eigenvalue weighted by molar-refractivity contribution is 0.330. The Hall–Kier alpha value is -1.80. The topological polar surface area (TPSA) is 35.2 Å². The van der Waals surface area contributed by atoms with Crippen molar-refractivity contribution >= 4 is 0 Å². The van der Waals surface area contributed by atoms with E-state index in [4.69, 9.17) is 10.5 Å². The van der Waals surface area contributed by atoms with Crippen molar-refractivity contribution in [2.24, 2.45) is 5.73 Å². The summed E-state index contributed by atoms with van der Waals surface area (Å²) >= 11 is 0. The van der Waals surface area contributed by atoms with Crippen LogP contribution in [-0.2, 0) is 6.42 Å². The molecule has 110 valence electrons. The number of hydrogen-bond acceptors (Lipinski definition) is 2. The second-order valence-corrected chi connectivity index (χ2v) is 5.69. The van der Waals surface area contributed by atoms with E-state index in [1.165, 1.54) is 24.0 Å². The summed E-state index contributed by atoms with van der Waals surface area (Å²) in [6.07, 6.45) is 3.54. The molecule has 1 aliphatic rings. The Balaban J connectivity index is 1.95. The van der Waals surface area contributed by atoms with Gasteiger partial charge >= 0.3 is 0 Å². The van der Waals surface area contributed by atoms with E-state index >= 15 is 0 Å². The maximum atomic E-state index is 6.64. The first kappa shape index (κ1) is 14.2. The molecule has 0 fully saturated rings. The van der Waals surface area contributed by atoms with Gasteiger partial charge in [-0.2, -0.15) is 0 Å². The molecule has 1 aliphatic carbocycles. The zero-order chi connectivity index (χ0) is 14.7. The van der Waals surface area contributed by atoms with Gasteiger partial charge in [-0.05, 0) is 43.4 Å². The number of benzene rings is 2. The molecule has 0 radical (unpaired) electrons. The van der Waals surface area contributed by atoms with Gasteiger partial charge in [-0.15, -0.1) is 0 Å². The third-order valence-electron chi connectivity index (χ3n) is 4.43. The maximum Gasteiger partial charge on any atom is 0.124 e. The molecule has 2 unspecified atom stereocenters. The molecule has 2 aromatic rings. The molecule has 0 bridgehead atoms. The molecule has 2 heteroatoms. The highest BCUT2D eigenvalue weighted by atomic mass is 16.5. The fourth-order valence-electron chi connectivity index (χ4n) is 3.42. The van der Waals surface area contributed by atoms with Gasteiger partial charge in [0, 0.05) is 17.5 Å². The third kappa shape index (κ3) is 2.81. The van der Waals surface area contributed by atoms with Crippen LogP contribution >= 0.6 is 0 Å². The quantitative estimate of drug-likeness (QED) is 0.911. The standard InChI is InChI=1S/C19H23NO/c1-2-21-18-13-6-5-11-17(18)19(20)16-12-7-9-14-8-3-4-10-15(14)16/h3-6,8,10-11,13,16,19H,2,7,9,12,20H2,1H3. The summed E-state index contributed by atoms with van der Waals surface area (Å²) < 4.78 is 5.76. The zero-order valence-corrected chi connectivity index (χ0v) is 12.6. The molecule has 0 saturated carbocycles. The SMILES string of the molecule is CCOc1ccccc1C(N)C1CCCc2ccccc21. The number of nitrogens with two attached hydrogens (primary N) is 1. The van der Waals surface area contributed by atoms with Crippen LogP contribution in [-0.4, -0.2) is 6.61 Å². The van der Waals surface area contributed by atoms with Crippen molar-refractivity contribution in [2.45, 2.75) is 38.1 Å². The lowest BCUT2D eigenvalue weighted by Gasteiger charge is -2.31. The fourth-order valence-corrected chi connectivity index (χ4v) is 3.42. The summed E-state index contributed by atoms with van der Waals surface area (Å²) in [6, 6.07) is 16.9. The van der Waals surface area contributed by atoms with Crippen LogP contribution in [0.25, 0.3) is 0 Å². The molecule has 0 spiro atoms. The van der Waals surface area contributed by atoms with Crippen molar-refractivity contribution in [3.05, 3.63) is 65.2 Å². The maximum absolute atomic E-state index is 6.64. The van der Waals surface area contributed by atoms with Crippen LogP contribution in [0.15, 0.2) is 48.5 Å². The average Bonchev–Trinajstić information content (AvgIpc) is 2.54. The van der Waals surface area contributed by atoms with Crippen LogP contribution in [0.2, 0.25) is 0 Å². The van der Waals surface area contributed by atoms with E-state index in [0.717, 1.165) is 17.7 Å². The Labute approximate surface area is 126 Å². The molecule has 0 amide bonds. The highest BCUT2D eigenvalue weighted by Crippen LogP contribution is 2.41. The first-order chi connectivity index (χ1) is 10.3. The van der Waals surface area contributed by atoms with Gasteiger partial charge in [-0.1, -0.05) is 42.5 Å². The summed E-state index contributed by atoms with van der Waals surface area (Å²) in [4.78, 5) is 0. The Morgan fingerprint density at radius 1 is 1.14 bits per heavy atom. The molecule has 0 aromatic heterocycles. The number of fused-ring (bicyclic) bond motifs is 1. The third-order valence-corrected chi connectivity index (χ3v) is 4.43. The van der Waals surface area contributed by atoms with Gasteiger partial charge in [0.25, 0.3) is 0 Å². The predicted molar refractivity (Wildman–Crippen MR) is 86.7 cm³/mol. The fraction of sp³-hybridized carbons (Fsp3) is 0.368. The lowest BCUT2D eigenvalue weighted by atomic mass is 9.77. The largest absolute Gasteiger partial charge is 0.494 e. The van der Waals surface area contributed by atoms with Gasteiger partial charge in [0.15, 0.2) is 0 Å². The summed E-state index contributed by atoms with van der Waals surface area (Å²) in [5.74, 6) is 1.31. The minimum absolute atomic E-state index is 0.00537. The summed E-state index contributed by atoms with van der Waals surface area (Å²) in [5, 5.41) is 0. The molecule has 2 atom stereocenters. The summed E-state index contributed by atoms with van der Waals surface area (Å²) in [6.45, 7) is 2.68. The van der Waals surface area contributed by atoms with Crippen LogP contribution in [0.4, 0.5) is 0 Å². The molecule has 21 heavy (non-hydrogen) atoms. The van der Waals surface area contributed by atoms with Crippen molar-refractivity contribution in [1.29, 1.82) is 0 Å². The summed E-state index contributed by atoms with van der Waals surface area (Å²) in [5.41, 5.74) is 10.6. The Morgan fingerprint density at radius 3 is 2.76 bits per heavy atom. The second-order valence-electron chi connectivity index (χ2n) is 5.69. The number of para-hydroxylation sites is 1. The second kappa shape index (κ2) is 6.31. The van der Waals surface area contributed by atoms with Crippen LogP contribution in [0.1, 0.15) is 48.4 Å². The molecule has 3 rings (SSSR count). The number of rotatable bonds is 4. The van der Waals surface area contributed by atoms with E-state index in [1.807, 2.05) is 25.1 Å². The van der Waals surface area contributed by atoms with Crippen molar-refractivity contribution in [2.75, 3.05) is 6.61 Å². The van der Waals surface area contributed by atoms with E-state index in [0.29, 0.717) is 12.5 Å². The Kier molecular flexibility index (Phi) is 4.26. The van der Waals surface area contributed by atoms with E-state index in [-0.39, 0.29) is 6.04 Å². The first-order valence-electron chi connectivity index (χ1n) is 7.86. The van der Waals surface area contributed by atoms with Crippen molar-refractivity contribution in [1.82, 2.24) is 0 Å². The average molecular weight is 281 g/mol. The van der Waals surface area contributed by atoms with Gasteiger partial charge in [0.05, 0.1) is 6.61 Å². The van der Waals surface area contributed by atoms with Crippen LogP contribution < -0.4 is 10.5 Å². The molecule has 2 nitrogen and oxygen atoms in total. The monoisotopic (exact) mass is 281 g/mol. The Bertz CT molecular complexity index is 608. The van der Waals surface area contributed by atoms with Gasteiger partial charge in [-0.25, -0.2) is 0 Å². The predicted octanol–water partition coefficient (Wildman–Crippen LogP) is 4.21. The number of aryl methyl sites for hydroxylation is 1. The van der Waals surface area contributed by atoms with Gasteiger partial charge < -0.3 is 10.5 Å². The minimum atomic E-state index is -0.00537. The van der Waals surface area contributed by atoms with Gasteiger partial charge in [0.2, 0.25) is 0 Å². The highest BCUT2D eigenvalue weighted by Gasteiger charge is 2.27. The normalized spacial score (nSPS) is 18.9. The van der Waals surface area contributed by atoms with E-state index in [2.05, 4.69) is 30.3 Å². The van der Waals surface area contributed by atoms with E-state index in [9.17, 15) is 0 Å². The molecular formula is C19H23NO. The van der Waals surface area contributed by atoms with Crippen LogP contribution in [0.3, 0.4) is 0 Å². The Morgan fingerprint density at radius 2 is 1.90 bits per heavy atom. The van der Waals surface area contributed by atoms with Crippen molar-refractivity contribution < 1.29 is 4.74 Å². The summed E-state index contributed by atoms with van der Waals surface area (Å²) in [7, 11) is 0. The number of ether oxygens (including phenoxy) is 1. The zero-order valence-electron chi connectivity index (χ0n) is 12.6. The smallest absolute Gasteiger partial charge is 0.124 e. The molecule has 2 N–H and O–H groups in total.